The van der Waals surface area contributed by atoms with Crippen molar-refractivity contribution in [3.63, 3.8) is 0 Å². The molecule has 0 aliphatic carbocycles. The van der Waals surface area contributed by atoms with E-state index in [1.807, 2.05) is 6.07 Å². The van der Waals surface area contributed by atoms with Gasteiger partial charge in [0.25, 0.3) is 5.89 Å². The summed E-state index contributed by atoms with van der Waals surface area (Å²) in [5, 5.41) is 7.06. The maximum absolute atomic E-state index is 12.4. The van der Waals surface area contributed by atoms with Crippen molar-refractivity contribution in [2.75, 3.05) is 31.5 Å². The Kier molecular flexibility index (Phi) is 5.22. The molecule has 0 atom stereocenters. The van der Waals surface area contributed by atoms with Gasteiger partial charge < -0.3 is 9.84 Å². The van der Waals surface area contributed by atoms with E-state index in [4.69, 9.17) is 4.52 Å². The van der Waals surface area contributed by atoms with E-state index in [-0.39, 0.29) is 0 Å². The first-order valence-electron chi connectivity index (χ1n) is 8.19. The number of pyridine rings is 1. The zero-order valence-electron chi connectivity index (χ0n) is 13.9. The molecule has 0 unspecified atom stereocenters. The zero-order chi connectivity index (χ0) is 17.9. The largest absolute Gasteiger partial charge is 0.401 e. The highest BCUT2D eigenvalue weighted by atomic mass is 19.4. The van der Waals surface area contributed by atoms with Gasteiger partial charge >= 0.3 is 6.18 Å². The Balaban J connectivity index is 1.55. The molecule has 25 heavy (non-hydrogen) atoms. The van der Waals surface area contributed by atoms with Crippen molar-refractivity contribution in [3.05, 3.63) is 24.2 Å². The lowest BCUT2D eigenvalue weighted by atomic mass is 9.96. The maximum Gasteiger partial charge on any atom is 0.401 e. The smallest absolute Gasteiger partial charge is 0.369 e. The number of hydrogen-bond acceptors (Lipinski definition) is 6. The summed E-state index contributed by atoms with van der Waals surface area (Å²) in [5.74, 6) is 1.89. The van der Waals surface area contributed by atoms with Crippen molar-refractivity contribution in [2.45, 2.75) is 25.9 Å². The number of likely N-dealkylation sites (tertiary alicyclic amines) is 1. The fourth-order valence-electron chi connectivity index (χ4n) is 2.97. The van der Waals surface area contributed by atoms with E-state index in [1.165, 1.54) is 4.90 Å². The van der Waals surface area contributed by atoms with Crippen molar-refractivity contribution in [1.82, 2.24) is 20.0 Å². The Morgan fingerprint density at radius 3 is 2.72 bits per heavy atom. The van der Waals surface area contributed by atoms with Gasteiger partial charge in [-0.1, -0.05) is 5.16 Å². The Morgan fingerprint density at radius 1 is 1.32 bits per heavy atom. The van der Waals surface area contributed by atoms with E-state index >= 15 is 0 Å². The van der Waals surface area contributed by atoms with E-state index < -0.39 is 12.7 Å². The summed E-state index contributed by atoms with van der Waals surface area (Å²) in [6.45, 7) is 2.49. The van der Waals surface area contributed by atoms with Crippen molar-refractivity contribution in [3.8, 4) is 11.5 Å². The molecule has 1 aliphatic rings. The van der Waals surface area contributed by atoms with Crippen molar-refractivity contribution in [2.24, 2.45) is 5.92 Å². The van der Waals surface area contributed by atoms with E-state index in [1.54, 1.807) is 19.2 Å². The predicted molar refractivity (Wildman–Crippen MR) is 86.0 cm³/mol. The molecule has 1 saturated heterocycles. The van der Waals surface area contributed by atoms with Gasteiger partial charge in [0.2, 0.25) is 0 Å². The topological polar surface area (TPSA) is 67.1 Å². The third-order valence-corrected chi connectivity index (χ3v) is 4.23. The SMILES string of the molecule is Cc1noc(-c2cccnc2NCC2CCN(CC(F)(F)F)CC2)n1. The van der Waals surface area contributed by atoms with E-state index in [0.717, 1.165) is 18.4 Å². The number of alkyl halides is 3. The second-order valence-corrected chi connectivity index (χ2v) is 6.26. The molecule has 6 nitrogen and oxygen atoms in total. The van der Waals surface area contributed by atoms with Gasteiger partial charge in [0.05, 0.1) is 12.1 Å². The average molecular weight is 355 g/mol. The highest BCUT2D eigenvalue weighted by molar-refractivity contribution is 5.68. The molecule has 0 aromatic carbocycles. The van der Waals surface area contributed by atoms with Crippen LogP contribution in [0.2, 0.25) is 0 Å². The molecule has 0 radical (unpaired) electrons. The number of piperidine rings is 1. The Morgan fingerprint density at radius 2 is 2.08 bits per heavy atom. The normalized spacial score (nSPS) is 17.0. The van der Waals surface area contributed by atoms with Crippen LogP contribution in [-0.2, 0) is 0 Å². The first kappa shape index (κ1) is 17.7. The molecule has 0 saturated carbocycles. The third-order valence-electron chi connectivity index (χ3n) is 4.23. The highest BCUT2D eigenvalue weighted by Gasteiger charge is 2.32. The van der Waals surface area contributed by atoms with Crippen LogP contribution < -0.4 is 5.32 Å². The summed E-state index contributed by atoms with van der Waals surface area (Å²) < 4.78 is 42.5. The molecule has 0 bridgehead atoms. The van der Waals surface area contributed by atoms with Gasteiger partial charge in [-0.2, -0.15) is 18.2 Å². The molecule has 2 aromatic rings. The van der Waals surface area contributed by atoms with Crippen LogP contribution in [0, 0.1) is 12.8 Å². The van der Waals surface area contributed by atoms with E-state index in [0.29, 0.717) is 43.1 Å². The van der Waals surface area contributed by atoms with Crippen LogP contribution in [0.15, 0.2) is 22.9 Å². The number of anilines is 1. The number of aryl methyl sites for hydroxylation is 1. The number of halogens is 3. The lowest BCUT2D eigenvalue weighted by molar-refractivity contribution is -0.148. The molecule has 136 valence electrons. The summed E-state index contributed by atoms with van der Waals surface area (Å²) in [4.78, 5) is 9.99. The van der Waals surface area contributed by atoms with Gasteiger partial charge in [-0.25, -0.2) is 4.98 Å². The Labute approximate surface area is 143 Å². The van der Waals surface area contributed by atoms with Gasteiger partial charge in [-0.3, -0.25) is 4.90 Å². The number of rotatable bonds is 5. The fraction of sp³-hybridized carbons (Fsp3) is 0.562. The molecular weight excluding hydrogens is 335 g/mol. The molecule has 0 spiro atoms. The minimum Gasteiger partial charge on any atom is -0.369 e. The molecular formula is C16H20F3N5O. The van der Waals surface area contributed by atoms with Crippen LogP contribution in [-0.4, -0.2) is 52.4 Å². The average Bonchev–Trinajstić information content (AvgIpc) is 2.99. The molecule has 2 aromatic heterocycles. The van der Waals surface area contributed by atoms with Crippen LogP contribution in [0.5, 0.6) is 0 Å². The van der Waals surface area contributed by atoms with Crippen molar-refractivity contribution in [1.29, 1.82) is 0 Å². The summed E-state index contributed by atoms with van der Waals surface area (Å²) in [6, 6.07) is 3.63. The zero-order valence-corrected chi connectivity index (χ0v) is 13.9. The monoisotopic (exact) mass is 355 g/mol. The molecule has 9 heteroatoms. The fourth-order valence-corrected chi connectivity index (χ4v) is 2.97. The van der Waals surface area contributed by atoms with Gasteiger partial charge in [0.15, 0.2) is 5.82 Å². The predicted octanol–water partition coefficient (Wildman–Crippen LogP) is 3.13. The molecule has 1 aliphatic heterocycles. The van der Waals surface area contributed by atoms with Crippen LogP contribution in [0.4, 0.5) is 19.0 Å². The number of aromatic nitrogens is 3. The summed E-state index contributed by atoms with van der Waals surface area (Å²) in [5.41, 5.74) is 0.720. The lowest BCUT2D eigenvalue weighted by Crippen LogP contribution is -2.41. The maximum atomic E-state index is 12.4. The van der Waals surface area contributed by atoms with Crippen LogP contribution in [0.3, 0.4) is 0 Å². The van der Waals surface area contributed by atoms with Crippen molar-refractivity contribution < 1.29 is 17.7 Å². The minimum absolute atomic E-state index is 0.309. The standard InChI is InChI=1S/C16H20F3N5O/c1-11-22-15(25-23-11)13-3-2-6-20-14(13)21-9-12-4-7-24(8-5-12)10-16(17,18)19/h2-3,6,12H,4-5,7-10H2,1H3,(H,20,21). The van der Waals surface area contributed by atoms with E-state index in [9.17, 15) is 13.2 Å². The second-order valence-electron chi connectivity index (χ2n) is 6.26. The number of hydrogen-bond donors (Lipinski definition) is 1. The van der Waals surface area contributed by atoms with Crippen LogP contribution >= 0.6 is 0 Å². The summed E-state index contributed by atoms with van der Waals surface area (Å²) in [6.07, 6.45) is -1.01. The molecule has 1 fully saturated rings. The lowest BCUT2D eigenvalue weighted by Gasteiger charge is -2.32. The Bertz CT molecular complexity index is 695. The third kappa shape index (κ3) is 4.91. The number of nitrogens with one attached hydrogen (secondary N) is 1. The quantitative estimate of drug-likeness (QED) is 0.889. The summed E-state index contributed by atoms with van der Waals surface area (Å²) >= 11 is 0. The van der Waals surface area contributed by atoms with Gasteiger partial charge in [-0.05, 0) is 50.9 Å². The molecule has 1 N–H and O–H groups in total. The van der Waals surface area contributed by atoms with Crippen LogP contribution in [0.25, 0.3) is 11.5 Å². The molecule has 3 rings (SSSR count). The van der Waals surface area contributed by atoms with Crippen molar-refractivity contribution >= 4 is 5.82 Å². The first-order valence-corrected chi connectivity index (χ1v) is 8.19. The second kappa shape index (κ2) is 7.38. The van der Waals surface area contributed by atoms with Gasteiger partial charge in [0.1, 0.15) is 5.82 Å². The summed E-state index contributed by atoms with van der Waals surface area (Å²) in [7, 11) is 0. The van der Waals surface area contributed by atoms with Gasteiger partial charge in [0, 0.05) is 12.7 Å². The van der Waals surface area contributed by atoms with Gasteiger partial charge in [-0.15, -0.1) is 0 Å². The Hall–Kier alpha value is -2.16. The molecule has 0 amide bonds. The van der Waals surface area contributed by atoms with E-state index in [2.05, 4.69) is 20.4 Å². The first-order chi connectivity index (χ1) is 11.9. The number of nitrogens with zero attached hydrogens (tertiary/aromatic N) is 4. The minimum atomic E-state index is -4.13. The molecule has 3 heterocycles. The van der Waals surface area contributed by atoms with Crippen LogP contribution in [0.1, 0.15) is 18.7 Å². The highest BCUT2D eigenvalue weighted by Crippen LogP contribution is 2.26.